The highest BCUT2D eigenvalue weighted by Crippen LogP contribution is 2.53. The van der Waals surface area contributed by atoms with Gasteiger partial charge in [0, 0.05) is 34.0 Å². The molecular weight excluding hydrogens is 540 g/mol. The number of nitrogens with zero attached hydrogens (tertiary/aromatic N) is 2. The Labute approximate surface area is 254 Å². The van der Waals surface area contributed by atoms with E-state index in [1.165, 1.54) is 10.8 Å². The van der Waals surface area contributed by atoms with Gasteiger partial charge in [0.1, 0.15) is 11.2 Å². The first-order valence-corrected chi connectivity index (χ1v) is 14.8. The minimum Gasteiger partial charge on any atom is -0.456 e. The Hall–Kier alpha value is -6.00. The first-order valence-electron chi connectivity index (χ1n) is 14.8. The molecule has 1 aliphatic rings. The van der Waals surface area contributed by atoms with E-state index in [0.717, 1.165) is 67.6 Å². The van der Waals surface area contributed by atoms with Crippen LogP contribution in [0.2, 0.25) is 0 Å². The number of rotatable bonds is 4. The molecule has 8 aromatic rings. The molecule has 0 radical (unpaired) electrons. The van der Waals surface area contributed by atoms with E-state index in [9.17, 15) is 0 Å². The van der Waals surface area contributed by atoms with Gasteiger partial charge in [0.2, 0.25) is 0 Å². The summed E-state index contributed by atoms with van der Waals surface area (Å²) in [5.74, 6) is 1.59. The highest BCUT2D eigenvalue weighted by molar-refractivity contribution is 6.06. The van der Waals surface area contributed by atoms with Crippen molar-refractivity contribution in [1.82, 2.24) is 0 Å². The lowest BCUT2D eigenvalue weighted by Crippen LogP contribution is -2.17. The van der Waals surface area contributed by atoms with E-state index in [0.29, 0.717) is 0 Å². The minimum absolute atomic E-state index is 0.784. The molecule has 0 saturated carbocycles. The summed E-state index contributed by atoms with van der Waals surface area (Å²) in [7, 11) is 0. The Kier molecular flexibility index (Phi) is 5.47. The van der Waals surface area contributed by atoms with Crippen molar-refractivity contribution in [3.05, 3.63) is 158 Å². The van der Waals surface area contributed by atoms with Gasteiger partial charge in [-0.15, -0.1) is 0 Å². The van der Waals surface area contributed by atoms with E-state index in [1.54, 1.807) is 0 Å². The first kappa shape index (κ1) is 24.6. The maximum atomic E-state index is 6.62. The average molecular weight is 567 g/mol. The normalized spacial score (nSPS) is 12.2. The lowest BCUT2D eigenvalue weighted by molar-refractivity contribution is 0.477. The Morgan fingerprint density at radius 1 is 0.455 bits per heavy atom. The number of ether oxygens (including phenoxy) is 1. The molecule has 2 heterocycles. The monoisotopic (exact) mass is 566 g/mol. The fourth-order valence-electron chi connectivity index (χ4n) is 6.42. The van der Waals surface area contributed by atoms with Crippen molar-refractivity contribution < 1.29 is 9.15 Å². The van der Waals surface area contributed by atoms with Crippen molar-refractivity contribution in [2.75, 3.05) is 9.80 Å². The SMILES string of the molecule is c1ccc(N(c2ccc3c(c2)Oc2ccccc2N3c2ccc3c(c2)oc2ccccc23)c2cccc3ccccc23)cc1. The van der Waals surface area contributed by atoms with Crippen LogP contribution in [-0.2, 0) is 0 Å². The van der Waals surface area contributed by atoms with Gasteiger partial charge in [0.15, 0.2) is 11.5 Å². The van der Waals surface area contributed by atoms with E-state index in [4.69, 9.17) is 9.15 Å². The standard InChI is InChI=1S/C40H26N2O2/c1-2-13-28(14-3-1)41(34-18-10-12-27-11-4-5-15-31(27)34)29-22-24-36-40(26-29)44-38-20-9-7-17-35(38)42(36)30-21-23-33-32-16-6-8-19-37(32)43-39(33)25-30/h1-26H. The molecule has 0 spiro atoms. The summed E-state index contributed by atoms with van der Waals surface area (Å²) in [6.45, 7) is 0. The molecule has 4 nitrogen and oxygen atoms in total. The van der Waals surface area contributed by atoms with Gasteiger partial charge >= 0.3 is 0 Å². The van der Waals surface area contributed by atoms with E-state index in [-0.39, 0.29) is 0 Å². The molecule has 0 atom stereocenters. The van der Waals surface area contributed by atoms with Crippen molar-refractivity contribution >= 4 is 66.8 Å². The summed E-state index contributed by atoms with van der Waals surface area (Å²) >= 11 is 0. The van der Waals surface area contributed by atoms with Gasteiger partial charge in [-0.25, -0.2) is 0 Å². The number of para-hydroxylation sites is 4. The number of benzene rings is 7. The minimum atomic E-state index is 0.784. The largest absolute Gasteiger partial charge is 0.456 e. The molecule has 0 aliphatic carbocycles. The Balaban J connectivity index is 1.22. The van der Waals surface area contributed by atoms with Crippen molar-refractivity contribution in [2.24, 2.45) is 0 Å². The Morgan fingerprint density at radius 3 is 2.11 bits per heavy atom. The third-order valence-corrected chi connectivity index (χ3v) is 8.41. The van der Waals surface area contributed by atoms with Crippen LogP contribution in [0.4, 0.5) is 34.1 Å². The summed E-state index contributed by atoms with van der Waals surface area (Å²) < 4.78 is 12.9. The summed E-state index contributed by atoms with van der Waals surface area (Å²) in [4.78, 5) is 4.56. The molecule has 1 aliphatic heterocycles. The molecule has 0 bridgehead atoms. The quantitative estimate of drug-likeness (QED) is 0.212. The number of hydrogen-bond acceptors (Lipinski definition) is 4. The molecule has 1 aromatic heterocycles. The van der Waals surface area contributed by atoms with Crippen LogP contribution in [0, 0.1) is 0 Å². The van der Waals surface area contributed by atoms with Crippen LogP contribution in [0.3, 0.4) is 0 Å². The number of fused-ring (bicyclic) bond motifs is 6. The summed E-state index contributed by atoms with van der Waals surface area (Å²) in [5.41, 5.74) is 7.91. The smallest absolute Gasteiger partial charge is 0.153 e. The van der Waals surface area contributed by atoms with Crippen molar-refractivity contribution in [3.63, 3.8) is 0 Å². The summed E-state index contributed by atoms with van der Waals surface area (Å²) in [5, 5.41) is 4.61. The molecule has 7 aromatic carbocycles. The molecular formula is C40H26N2O2. The lowest BCUT2D eigenvalue weighted by atomic mass is 10.1. The fourth-order valence-corrected chi connectivity index (χ4v) is 6.42. The fraction of sp³-hybridized carbons (Fsp3) is 0. The zero-order valence-electron chi connectivity index (χ0n) is 23.7. The molecule has 4 heteroatoms. The van der Waals surface area contributed by atoms with Gasteiger partial charge in [-0.3, -0.25) is 0 Å². The van der Waals surface area contributed by atoms with Gasteiger partial charge in [-0.1, -0.05) is 84.9 Å². The average Bonchev–Trinajstić information content (AvgIpc) is 3.46. The lowest BCUT2D eigenvalue weighted by Gasteiger charge is -2.34. The third-order valence-electron chi connectivity index (χ3n) is 8.41. The van der Waals surface area contributed by atoms with Crippen LogP contribution in [0.1, 0.15) is 0 Å². The van der Waals surface area contributed by atoms with Gasteiger partial charge in [-0.05, 0) is 66.0 Å². The van der Waals surface area contributed by atoms with Crippen LogP contribution in [0.5, 0.6) is 11.5 Å². The van der Waals surface area contributed by atoms with Crippen LogP contribution < -0.4 is 14.5 Å². The summed E-state index contributed by atoms with van der Waals surface area (Å²) in [6.07, 6.45) is 0. The number of hydrogen-bond donors (Lipinski definition) is 0. The first-order chi connectivity index (χ1) is 21.8. The molecule has 0 N–H and O–H groups in total. The molecule has 0 unspecified atom stereocenters. The van der Waals surface area contributed by atoms with Gasteiger partial charge in [0.05, 0.1) is 28.4 Å². The zero-order chi connectivity index (χ0) is 29.0. The molecule has 0 fully saturated rings. The topological polar surface area (TPSA) is 28.9 Å². The summed E-state index contributed by atoms with van der Waals surface area (Å²) in [6, 6.07) is 54.8. The Morgan fingerprint density at radius 2 is 1.18 bits per heavy atom. The molecule has 0 saturated heterocycles. The van der Waals surface area contributed by atoms with E-state index in [2.05, 4.69) is 125 Å². The van der Waals surface area contributed by atoms with Crippen LogP contribution >= 0.6 is 0 Å². The van der Waals surface area contributed by atoms with E-state index >= 15 is 0 Å². The highest BCUT2D eigenvalue weighted by Gasteiger charge is 2.28. The highest BCUT2D eigenvalue weighted by atomic mass is 16.5. The van der Waals surface area contributed by atoms with Crippen LogP contribution in [-0.4, -0.2) is 0 Å². The van der Waals surface area contributed by atoms with Crippen LogP contribution in [0.25, 0.3) is 32.7 Å². The second kappa shape index (κ2) is 9.79. The molecule has 0 amide bonds. The molecule has 208 valence electrons. The van der Waals surface area contributed by atoms with E-state index in [1.807, 2.05) is 42.5 Å². The Bertz CT molecular complexity index is 2340. The van der Waals surface area contributed by atoms with Gasteiger partial charge in [-0.2, -0.15) is 0 Å². The second-order valence-electron chi connectivity index (χ2n) is 11.0. The van der Waals surface area contributed by atoms with Crippen LogP contribution in [0.15, 0.2) is 162 Å². The number of furan rings is 1. The van der Waals surface area contributed by atoms with Crippen molar-refractivity contribution in [3.8, 4) is 11.5 Å². The number of anilines is 6. The zero-order valence-corrected chi connectivity index (χ0v) is 23.7. The van der Waals surface area contributed by atoms with Gasteiger partial charge in [0.25, 0.3) is 0 Å². The third kappa shape index (κ3) is 3.85. The molecule has 9 rings (SSSR count). The van der Waals surface area contributed by atoms with Crippen molar-refractivity contribution in [2.45, 2.75) is 0 Å². The maximum Gasteiger partial charge on any atom is 0.153 e. The molecule has 44 heavy (non-hydrogen) atoms. The van der Waals surface area contributed by atoms with E-state index < -0.39 is 0 Å². The second-order valence-corrected chi connectivity index (χ2v) is 11.0. The predicted octanol–water partition coefficient (Wildman–Crippen LogP) is 11.8. The maximum absolute atomic E-state index is 6.62. The van der Waals surface area contributed by atoms with Gasteiger partial charge < -0.3 is 19.0 Å². The predicted molar refractivity (Wildman–Crippen MR) is 181 cm³/mol. The van der Waals surface area contributed by atoms with Crippen molar-refractivity contribution in [1.29, 1.82) is 0 Å².